The topological polar surface area (TPSA) is 107 Å². The quantitative estimate of drug-likeness (QED) is 0.406. The minimum absolute atomic E-state index is 0.0148. The van der Waals surface area contributed by atoms with Crippen LogP contribution in [-0.2, 0) is 42.8 Å². The van der Waals surface area contributed by atoms with Gasteiger partial charge in [0.15, 0.2) is 0 Å². The number of fused-ring (bicyclic) bond motifs is 1. The molecule has 9 heteroatoms. The van der Waals surface area contributed by atoms with Crippen LogP contribution in [-0.4, -0.2) is 57.7 Å². The van der Waals surface area contributed by atoms with Gasteiger partial charge in [0.2, 0.25) is 5.79 Å². The van der Waals surface area contributed by atoms with Gasteiger partial charge < -0.3 is 28.4 Å². The molecule has 1 aromatic carbocycles. The highest BCUT2D eigenvalue weighted by atomic mass is 16.8. The lowest BCUT2D eigenvalue weighted by atomic mass is 9.71. The highest BCUT2D eigenvalue weighted by Crippen LogP contribution is 2.60. The maximum Gasteiger partial charge on any atom is 0.350 e. The Morgan fingerprint density at radius 1 is 0.897 bits per heavy atom. The lowest BCUT2D eigenvalue weighted by Gasteiger charge is -2.31. The summed E-state index contributed by atoms with van der Waals surface area (Å²) in [6.45, 7) is 1.51. The average molecular weight is 406 g/mol. The summed E-state index contributed by atoms with van der Waals surface area (Å²) in [6, 6.07) is 8.66. The van der Waals surface area contributed by atoms with E-state index in [-0.39, 0.29) is 11.5 Å². The number of carbonyl (C=O) groups is 3. The molecule has 3 atom stereocenters. The van der Waals surface area contributed by atoms with Gasteiger partial charge in [-0.25, -0.2) is 14.4 Å². The SMILES string of the molecule is COC(=O)C1=C(OC)O[C@@]2(C)OC(C(=O)OC)(C(=O)OC)C(c3ccccc3)[C@@H]12. The predicted octanol–water partition coefficient (Wildman–Crippen LogP) is 1.28. The van der Waals surface area contributed by atoms with Crippen molar-refractivity contribution in [3.05, 3.63) is 47.4 Å². The molecule has 0 radical (unpaired) electrons. The lowest BCUT2D eigenvalue weighted by Crippen LogP contribution is -2.53. The van der Waals surface area contributed by atoms with Gasteiger partial charge in [0.1, 0.15) is 5.57 Å². The zero-order valence-electron chi connectivity index (χ0n) is 16.7. The molecule has 2 heterocycles. The second kappa shape index (κ2) is 7.40. The van der Waals surface area contributed by atoms with E-state index in [4.69, 9.17) is 28.4 Å². The summed E-state index contributed by atoms with van der Waals surface area (Å²) in [5, 5.41) is 0. The van der Waals surface area contributed by atoms with E-state index in [1.807, 2.05) is 0 Å². The van der Waals surface area contributed by atoms with Gasteiger partial charge >= 0.3 is 17.9 Å². The summed E-state index contributed by atoms with van der Waals surface area (Å²) < 4.78 is 31.7. The first-order valence-electron chi connectivity index (χ1n) is 8.78. The fraction of sp³-hybridized carbons (Fsp3) is 0.450. The Labute approximate surface area is 167 Å². The normalized spacial score (nSPS) is 26.9. The van der Waals surface area contributed by atoms with Crippen LogP contribution in [0.5, 0.6) is 0 Å². The fourth-order valence-corrected chi connectivity index (χ4v) is 4.15. The van der Waals surface area contributed by atoms with Gasteiger partial charge in [-0.2, -0.15) is 0 Å². The molecule has 156 valence electrons. The molecule has 9 nitrogen and oxygen atoms in total. The van der Waals surface area contributed by atoms with Gasteiger partial charge in [-0.1, -0.05) is 30.3 Å². The molecule has 0 spiro atoms. The number of carbonyl (C=O) groups excluding carboxylic acids is 3. The predicted molar refractivity (Wildman–Crippen MR) is 96.1 cm³/mol. The maximum atomic E-state index is 12.9. The molecule has 1 unspecified atom stereocenters. The Kier molecular flexibility index (Phi) is 5.27. The van der Waals surface area contributed by atoms with Gasteiger partial charge in [0.25, 0.3) is 11.5 Å². The number of methoxy groups -OCH3 is 4. The first-order valence-corrected chi connectivity index (χ1v) is 8.78. The minimum atomic E-state index is -2.21. The summed E-state index contributed by atoms with van der Waals surface area (Å²) in [5.41, 5.74) is -1.65. The van der Waals surface area contributed by atoms with Crippen LogP contribution >= 0.6 is 0 Å². The molecule has 2 aliphatic heterocycles. The van der Waals surface area contributed by atoms with Crippen molar-refractivity contribution >= 4 is 17.9 Å². The van der Waals surface area contributed by atoms with E-state index in [1.54, 1.807) is 30.3 Å². The van der Waals surface area contributed by atoms with Gasteiger partial charge in [0, 0.05) is 12.8 Å². The van der Waals surface area contributed by atoms with Crippen LogP contribution in [0.3, 0.4) is 0 Å². The van der Waals surface area contributed by atoms with Crippen molar-refractivity contribution < 1.29 is 42.8 Å². The van der Waals surface area contributed by atoms with Crippen LogP contribution in [0.1, 0.15) is 18.4 Å². The van der Waals surface area contributed by atoms with Crippen molar-refractivity contribution in [1.82, 2.24) is 0 Å². The van der Waals surface area contributed by atoms with Gasteiger partial charge in [-0.3, -0.25) is 0 Å². The summed E-state index contributed by atoms with van der Waals surface area (Å²) in [7, 11) is 4.80. The van der Waals surface area contributed by atoms with Gasteiger partial charge in [-0.15, -0.1) is 0 Å². The number of hydrogen-bond acceptors (Lipinski definition) is 9. The molecule has 2 aliphatic rings. The molecule has 0 bridgehead atoms. The highest BCUT2D eigenvalue weighted by Gasteiger charge is 2.75. The van der Waals surface area contributed by atoms with E-state index in [0.717, 1.165) is 14.2 Å². The summed E-state index contributed by atoms with van der Waals surface area (Å²) in [6.07, 6.45) is 0. The second-order valence-corrected chi connectivity index (χ2v) is 6.70. The molecule has 0 aliphatic carbocycles. The van der Waals surface area contributed by atoms with Crippen molar-refractivity contribution in [2.75, 3.05) is 28.4 Å². The van der Waals surface area contributed by atoms with Crippen LogP contribution in [0.4, 0.5) is 0 Å². The molecule has 0 aromatic heterocycles. The van der Waals surface area contributed by atoms with Gasteiger partial charge in [-0.05, 0) is 5.56 Å². The second-order valence-electron chi connectivity index (χ2n) is 6.70. The summed E-state index contributed by atoms with van der Waals surface area (Å²) in [4.78, 5) is 38.5. The Morgan fingerprint density at radius 3 is 1.97 bits per heavy atom. The van der Waals surface area contributed by atoms with E-state index in [1.165, 1.54) is 21.1 Å². The zero-order chi connectivity index (χ0) is 21.4. The lowest BCUT2D eigenvalue weighted by molar-refractivity contribution is -0.245. The van der Waals surface area contributed by atoms with E-state index in [2.05, 4.69) is 0 Å². The molecule has 0 amide bonds. The summed E-state index contributed by atoms with van der Waals surface area (Å²) in [5.74, 6) is -6.32. The Morgan fingerprint density at radius 2 is 1.48 bits per heavy atom. The van der Waals surface area contributed by atoms with Crippen molar-refractivity contribution in [2.24, 2.45) is 5.92 Å². The van der Waals surface area contributed by atoms with Gasteiger partial charge in [0.05, 0.1) is 34.4 Å². The number of hydrogen-bond donors (Lipinski definition) is 0. The van der Waals surface area contributed by atoms with E-state index >= 15 is 0 Å². The smallest absolute Gasteiger partial charge is 0.350 e. The average Bonchev–Trinajstić information content (AvgIpc) is 3.18. The molecular formula is C20H22O9. The van der Waals surface area contributed by atoms with Crippen molar-refractivity contribution in [3.8, 4) is 0 Å². The third-order valence-corrected chi connectivity index (χ3v) is 5.25. The van der Waals surface area contributed by atoms with Crippen LogP contribution in [0.15, 0.2) is 41.9 Å². The van der Waals surface area contributed by atoms with Crippen molar-refractivity contribution in [2.45, 2.75) is 24.2 Å². The third-order valence-electron chi connectivity index (χ3n) is 5.25. The van der Waals surface area contributed by atoms with Crippen LogP contribution in [0.2, 0.25) is 0 Å². The standard InChI is InChI=1S/C20H22O9/c1-19-14(12(15(21)24-2)16(25-3)28-19)13(11-9-7-6-8-10-11)20(29-19,17(22)26-4)18(23)27-5/h6-10,13-14H,1-5H3/t13?,14-,19+/m1/s1. The number of esters is 3. The molecule has 1 aromatic rings. The van der Waals surface area contributed by atoms with Crippen LogP contribution in [0.25, 0.3) is 0 Å². The van der Waals surface area contributed by atoms with Crippen LogP contribution in [0, 0.1) is 5.92 Å². The molecule has 0 saturated carbocycles. The molecule has 29 heavy (non-hydrogen) atoms. The molecule has 0 N–H and O–H groups in total. The Balaban J connectivity index is 2.32. The van der Waals surface area contributed by atoms with E-state index < -0.39 is 41.1 Å². The van der Waals surface area contributed by atoms with E-state index in [0.29, 0.717) is 5.56 Å². The van der Waals surface area contributed by atoms with Crippen LogP contribution < -0.4 is 0 Å². The summed E-state index contributed by atoms with van der Waals surface area (Å²) >= 11 is 0. The first kappa shape index (κ1) is 20.7. The monoisotopic (exact) mass is 406 g/mol. The Hall–Kier alpha value is -3.07. The maximum absolute atomic E-state index is 12.9. The molecule has 1 fully saturated rings. The molecule has 1 saturated heterocycles. The highest BCUT2D eigenvalue weighted by molar-refractivity contribution is 6.06. The van der Waals surface area contributed by atoms with E-state index in [9.17, 15) is 14.4 Å². The largest absolute Gasteiger partial charge is 0.468 e. The number of ether oxygens (including phenoxy) is 6. The molecular weight excluding hydrogens is 384 g/mol. The Bertz CT molecular complexity index is 844. The number of benzene rings is 1. The van der Waals surface area contributed by atoms with Crippen molar-refractivity contribution in [3.63, 3.8) is 0 Å². The fourth-order valence-electron chi connectivity index (χ4n) is 4.15. The zero-order valence-corrected chi connectivity index (χ0v) is 16.7. The molecule has 3 rings (SSSR count). The minimum Gasteiger partial charge on any atom is -0.468 e. The first-order chi connectivity index (χ1) is 13.8. The van der Waals surface area contributed by atoms with Crippen molar-refractivity contribution in [1.29, 1.82) is 0 Å². The third kappa shape index (κ3) is 2.84. The number of rotatable bonds is 5.